The summed E-state index contributed by atoms with van der Waals surface area (Å²) in [5, 5.41) is 2.28. The summed E-state index contributed by atoms with van der Waals surface area (Å²) < 4.78 is 6.31. The van der Waals surface area contributed by atoms with E-state index in [0.29, 0.717) is 0 Å². The van der Waals surface area contributed by atoms with E-state index in [-0.39, 0.29) is 5.41 Å². The Morgan fingerprint density at radius 2 is 1.07 bits per heavy atom. The molecule has 0 radical (unpaired) electrons. The molecule has 2 heteroatoms. The van der Waals surface area contributed by atoms with Crippen LogP contribution in [0, 0.1) is 0 Å². The smallest absolute Gasteiger partial charge is 0.137 e. The molecule has 7 aromatic rings. The van der Waals surface area contributed by atoms with Gasteiger partial charge in [0.2, 0.25) is 0 Å². The first kappa shape index (κ1) is 23.8. The van der Waals surface area contributed by atoms with Gasteiger partial charge in [-0.05, 0) is 75.8 Å². The Morgan fingerprint density at radius 1 is 0.463 bits per heavy atom. The average Bonchev–Trinajstić information content (AvgIpc) is 3.50. The van der Waals surface area contributed by atoms with E-state index >= 15 is 0 Å². The van der Waals surface area contributed by atoms with Crippen LogP contribution in [-0.2, 0) is 5.41 Å². The highest BCUT2D eigenvalue weighted by atomic mass is 16.3. The van der Waals surface area contributed by atoms with E-state index in [1.165, 1.54) is 33.4 Å². The first-order valence-electron chi connectivity index (χ1n) is 14.2. The summed E-state index contributed by atoms with van der Waals surface area (Å²) in [6.45, 7) is 4.67. The van der Waals surface area contributed by atoms with Crippen molar-refractivity contribution in [1.29, 1.82) is 0 Å². The van der Waals surface area contributed by atoms with Gasteiger partial charge in [-0.15, -0.1) is 0 Å². The fourth-order valence-electron chi connectivity index (χ4n) is 6.57. The van der Waals surface area contributed by atoms with Gasteiger partial charge in [-0.2, -0.15) is 0 Å². The predicted octanol–water partition coefficient (Wildman–Crippen LogP) is 11.0. The zero-order chi connectivity index (χ0) is 27.6. The maximum Gasteiger partial charge on any atom is 0.137 e. The lowest BCUT2D eigenvalue weighted by Gasteiger charge is -2.28. The molecule has 0 saturated heterocycles. The summed E-state index contributed by atoms with van der Waals surface area (Å²) in [5.41, 5.74) is 12.8. The highest BCUT2D eigenvalue weighted by Gasteiger charge is 2.35. The minimum Gasteiger partial charge on any atom is -0.456 e. The molecule has 0 aliphatic heterocycles. The van der Waals surface area contributed by atoms with Crippen LogP contribution < -0.4 is 4.90 Å². The quantitative estimate of drug-likeness (QED) is 0.226. The summed E-state index contributed by atoms with van der Waals surface area (Å²) in [7, 11) is 0. The third-order valence-corrected chi connectivity index (χ3v) is 8.68. The van der Waals surface area contributed by atoms with Crippen molar-refractivity contribution in [3.8, 4) is 22.3 Å². The molecule has 1 aliphatic carbocycles. The summed E-state index contributed by atoms with van der Waals surface area (Å²) in [4.78, 5) is 2.35. The Morgan fingerprint density at radius 3 is 1.93 bits per heavy atom. The van der Waals surface area contributed by atoms with Crippen LogP contribution in [-0.4, -0.2) is 0 Å². The fourth-order valence-corrected chi connectivity index (χ4v) is 6.57. The summed E-state index contributed by atoms with van der Waals surface area (Å²) in [6.07, 6.45) is 0. The van der Waals surface area contributed by atoms with Crippen molar-refractivity contribution in [1.82, 2.24) is 0 Å². The van der Waals surface area contributed by atoms with Crippen LogP contribution in [0.4, 0.5) is 17.1 Å². The number of para-hydroxylation sites is 1. The topological polar surface area (TPSA) is 16.4 Å². The van der Waals surface area contributed by atoms with Gasteiger partial charge in [0.25, 0.3) is 0 Å². The monoisotopic (exact) mass is 527 g/mol. The Bertz CT molecular complexity index is 2070. The second-order valence-electron chi connectivity index (χ2n) is 11.4. The third-order valence-electron chi connectivity index (χ3n) is 8.68. The van der Waals surface area contributed by atoms with Crippen LogP contribution >= 0.6 is 0 Å². The number of hydrogen-bond acceptors (Lipinski definition) is 2. The van der Waals surface area contributed by atoms with Gasteiger partial charge in [0, 0.05) is 39.3 Å². The lowest BCUT2D eigenvalue weighted by Crippen LogP contribution is -2.16. The minimum atomic E-state index is -0.0759. The summed E-state index contributed by atoms with van der Waals surface area (Å²) in [5.74, 6) is 0. The third kappa shape index (κ3) is 3.72. The molecule has 0 atom stereocenters. The number of hydrogen-bond donors (Lipinski definition) is 0. The van der Waals surface area contributed by atoms with Crippen molar-refractivity contribution in [2.75, 3.05) is 4.90 Å². The van der Waals surface area contributed by atoms with Crippen molar-refractivity contribution >= 4 is 39.0 Å². The molecule has 0 N–H and O–H groups in total. The number of anilines is 3. The molecule has 0 spiro atoms. The summed E-state index contributed by atoms with van der Waals surface area (Å²) in [6, 6.07) is 50.0. The second-order valence-corrected chi connectivity index (χ2v) is 11.4. The number of fused-ring (bicyclic) bond motifs is 6. The predicted molar refractivity (Wildman–Crippen MR) is 171 cm³/mol. The number of rotatable bonds is 4. The second kappa shape index (κ2) is 8.97. The first-order valence-corrected chi connectivity index (χ1v) is 14.2. The number of furan rings is 1. The standard InChI is InChI=1S/C39H29NO/c1-39(2)35-14-8-6-12-31(35)32-22-20-29(24-36(32)39)40(28-18-16-27(17-19-28)26-10-4-3-5-11-26)30-21-23-34-33-13-7-9-15-37(33)41-38(34)25-30/h3-25H,1-2H3. The molecule has 2 nitrogen and oxygen atoms in total. The Labute approximate surface area is 240 Å². The van der Waals surface area contributed by atoms with E-state index < -0.39 is 0 Å². The Kier molecular flexibility index (Phi) is 5.20. The van der Waals surface area contributed by atoms with Gasteiger partial charge in [-0.25, -0.2) is 0 Å². The molecule has 0 saturated carbocycles. The van der Waals surface area contributed by atoms with E-state index in [4.69, 9.17) is 4.42 Å². The van der Waals surface area contributed by atoms with Gasteiger partial charge < -0.3 is 9.32 Å². The van der Waals surface area contributed by atoms with Gasteiger partial charge >= 0.3 is 0 Å². The van der Waals surface area contributed by atoms with E-state index in [9.17, 15) is 0 Å². The van der Waals surface area contributed by atoms with Crippen molar-refractivity contribution in [3.05, 3.63) is 151 Å². The molecule has 6 aromatic carbocycles. The molecule has 1 heterocycles. The molecule has 0 bridgehead atoms. The van der Waals surface area contributed by atoms with E-state index in [0.717, 1.165) is 39.0 Å². The van der Waals surface area contributed by atoms with Crippen molar-refractivity contribution in [2.45, 2.75) is 19.3 Å². The van der Waals surface area contributed by atoms with E-state index in [2.05, 4.69) is 146 Å². The molecule has 1 aromatic heterocycles. The molecule has 1 aliphatic rings. The zero-order valence-electron chi connectivity index (χ0n) is 23.1. The van der Waals surface area contributed by atoms with Crippen LogP contribution in [0.2, 0.25) is 0 Å². The zero-order valence-corrected chi connectivity index (χ0v) is 23.1. The van der Waals surface area contributed by atoms with E-state index in [1.807, 2.05) is 12.1 Å². The molecule has 0 unspecified atom stereocenters. The van der Waals surface area contributed by atoms with Gasteiger partial charge in [0.1, 0.15) is 11.2 Å². The van der Waals surface area contributed by atoms with Crippen LogP contribution in [0.15, 0.2) is 144 Å². The minimum absolute atomic E-state index is 0.0759. The number of benzene rings is 6. The molecular weight excluding hydrogens is 498 g/mol. The fraction of sp³-hybridized carbons (Fsp3) is 0.0769. The van der Waals surface area contributed by atoms with Gasteiger partial charge in [-0.3, -0.25) is 0 Å². The SMILES string of the molecule is CC1(C)c2ccccc2-c2ccc(N(c3ccc(-c4ccccc4)cc3)c3ccc4c(c3)oc3ccccc34)cc21. The average molecular weight is 528 g/mol. The number of nitrogens with zero attached hydrogens (tertiary/aromatic N) is 1. The van der Waals surface area contributed by atoms with Gasteiger partial charge in [0.15, 0.2) is 0 Å². The van der Waals surface area contributed by atoms with Gasteiger partial charge in [0.05, 0.1) is 0 Å². The summed E-state index contributed by atoms with van der Waals surface area (Å²) >= 11 is 0. The molecule has 0 fully saturated rings. The van der Waals surface area contributed by atoms with Crippen molar-refractivity contribution < 1.29 is 4.42 Å². The lowest BCUT2D eigenvalue weighted by molar-refractivity contribution is 0.660. The van der Waals surface area contributed by atoms with Crippen LogP contribution in [0.1, 0.15) is 25.0 Å². The molecule has 0 amide bonds. The van der Waals surface area contributed by atoms with Crippen LogP contribution in [0.3, 0.4) is 0 Å². The maximum atomic E-state index is 6.31. The van der Waals surface area contributed by atoms with E-state index in [1.54, 1.807) is 0 Å². The normalized spacial score (nSPS) is 13.3. The Balaban J connectivity index is 1.30. The highest BCUT2D eigenvalue weighted by Crippen LogP contribution is 2.50. The van der Waals surface area contributed by atoms with Crippen LogP contribution in [0.25, 0.3) is 44.2 Å². The van der Waals surface area contributed by atoms with Crippen molar-refractivity contribution in [3.63, 3.8) is 0 Å². The molecule has 196 valence electrons. The van der Waals surface area contributed by atoms with Crippen LogP contribution in [0.5, 0.6) is 0 Å². The largest absolute Gasteiger partial charge is 0.456 e. The Hall–Kier alpha value is -5.08. The lowest BCUT2D eigenvalue weighted by atomic mass is 9.82. The first-order chi connectivity index (χ1) is 20.1. The molecule has 8 rings (SSSR count). The molecular formula is C39H29NO. The molecule has 41 heavy (non-hydrogen) atoms. The van der Waals surface area contributed by atoms with Gasteiger partial charge in [-0.1, -0.05) is 105 Å². The highest BCUT2D eigenvalue weighted by molar-refractivity contribution is 6.06. The van der Waals surface area contributed by atoms with Crippen molar-refractivity contribution in [2.24, 2.45) is 0 Å². The maximum absolute atomic E-state index is 6.31.